The number of anilines is 1. The highest BCUT2D eigenvalue weighted by molar-refractivity contribution is 8.00. The van der Waals surface area contributed by atoms with Gasteiger partial charge in [-0.2, -0.15) is 0 Å². The number of ether oxygens (including phenoxy) is 1. The fourth-order valence-corrected chi connectivity index (χ4v) is 7.24. The van der Waals surface area contributed by atoms with Gasteiger partial charge in [0.25, 0.3) is 0 Å². The molecule has 5 rings (SSSR count). The fourth-order valence-electron chi connectivity index (χ4n) is 4.46. The molecular weight excluding hydrogens is 498 g/mol. The molecule has 0 aliphatic carbocycles. The quantitative estimate of drug-likeness (QED) is 0.381. The highest BCUT2D eigenvalue weighted by Crippen LogP contribution is 2.53. The van der Waals surface area contributed by atoms with Gasteiger partial charge in [0.15, 0.2) is 0 Å². The molecule has 0 radical (unpaired) electrons. The Morgan fingerprint density at radius 1 is 0.971 bits per heavy atom. The van der Waals surface area contributed by atoms with Gasteiger partial charge < -0.3 is 4.74 Å². The minimum absolute atomic E-state index is 0.148. The van der Waals surface area contributed by atoms with E-state index < -0.39 is 51.4 Å². The number of aromatic nitrogens is 1. The number of nitrogens with zero attached hydrogens (tertiary/aromatic N) is 2. The number of rotatable bonds is 5. The van der Waals surface area contributed by atoms with Gasteiger partial charge in [-0.05, 0) is 48.9 Å². The van der Waals surface area contributed by atoms with E-state index in [-0.39, 0.29) is 18.8 Å². The number of hydrogen-bond acceptors (Lipinski definition) is 7. The molecular formula is C24H18F2N2O5S2. The van der Waals surface area contributed by atoms with Crippen molar-refractivity contribution < 1.29 is 27.9 Å². The number of halogens is 2. The highest BCUT2D eigenvalue weighted by Gasteiger charge is 2.56. The van der Waals surface area contributed by atoms with Gasteiger partial charge in [0.2, 0.25) is 11.8 Å². The van der Waals surface area contributed by atoms with Gasteiger partial charge in [-0.25, -0.2) is 13.7 Å². The Kier molecular flexibility index (Phi) is 6.06. The summed E-state index contributed by atoms with van der Waals surface area (Å²) < 4.78 is 33.4. The zero-order chi connectivity index (χ0) is 24.9. The summed E-state index contributed by atoms with van der Waals surface area (Å²) in [7, 11) is 0. The molecule has 2 amide bonds. The molecule has 2 aliphatic heterocycles. The third kappa shape index (κ3) is 3.98. The van der Waals surface area contributed by atoms with Crippen LogP contribution in [0, 0.1) is 17.6 Å². The molecule has 0 saturated carbocycles. The van der Waals surface area contributed by atoms with E-state index in [1.807, 2.05) is 0 Å². The first-order chi connectivity index (χ1) is 16.8. The van der Waals surface area contributed by atoms with Crippen molar-refractivity contribution in [3.05, 3.63) is 80.3 Å². The van der Waals surface area contributed by atoms with Gasteiger partial charge in [0.05, 0.1) is 23.2 Å². The predicted octanol–water partition coefficient (Wildman–Crippen LogP) is 3.55. The summed E-state index contributed by atoms with van der Waals surface area (Å²) in [6, 6.07) is 10.6. The molecule has 0 bridgehead atoms. The molecule has 1 fully saturated rings. The molecule has 180 valence electrons. The van der Waals surface area contributed by atoms with E-state index in [2.05, 4.69) is 0 Å². The number of esters is 1. The van der Waals surface area contributed by atoms with E-state index in [0.29, 0.717) is 15.5 Å². The first-order valence-corrected chi connectivity index (χ1v) is 12.4. The second-order valence-corrected chi connectivity index (χ2v) is 10.1. The summed E-state index contributed by atoms with van der Waals surface area (Å²) in [5.74, 6) is -4.14. The minimum Gasteiger partial charge on any atom is -0.465 e. The predicted molar refractivity (Wildman–Crippen MR) is 125 cm³/mol. The molecule has 35 heavy (non-hydrogen) atoms. The molecule has 1 saturated heterocycles. The Morgan fingerprint density at radius 3 is 2.23 bits per heavy atom. The molecule has 3 heterocycles. The minimum atomic E-state index is -0.891. The SMILES string of the molecule is CCOC(=O)Cn1c2c(sc1=O)C(c1ccc(F)cc1)C1C(=O)N(c3ccc(F)cc3)C(=O)C1S2. The van der Waals surface area contributed by atoms with Crippen LogP contribution in [0.1, 0.15) is 23.3 Å². The molecule has 1 aromatic heterocycles. The van der Waals surface area contributed by atoms with Crippen LogP contribution in [0.15, 0.2) is 58.4 Å². The lowest BCUT2D eigenvalue weighted by Gasteiger charge is -2.30. The lowest BCUT2D eigenvalue weighted by Crippen LogP contribution is -2.32. The number of carbonyl (C=O) groups is 3. The lowest BCUT2D eigenvalue weighted by atomic mass is 9.83. The second kappa shape index (κ2) is 9.04. The van der Waals surface area contributed by atoms with Crippen molar-refractivity contribution >= 4 is 46.6 Å². The molecule has 3 aromatic rings. The lowest BCUT2D eigenvalue weighted by molar-refractivity contribution is -0.144. The number of hydrogen-bond donors (Lipinski definition) is 0. The maximum atomic E-state index is 13.7. The van der Waals surface area contributed by atoms with Crippen LogP contribution in [-0.4, -0.2) is 34.2 Å². The maximum Gasteiger partial charge on any atom is 0.326 e. The third-order valence-electron chi connectivity index (χ3n) is 5.96. The molecule has 2 aromatic carbocycles. The van der Waals surface area contributed by atoms with Crippen LogP contribution in [0.4, 0.5) is 14.5 Å². The van der Waals surface area contributed by atoms with Gasteiger partial charge in [-0.15, -0.1) is 0 Å². The molecule has 3 atom stereocenters. The first-order valence-electron chi connectivity index (χ1n) is 10.7. The fraction of sp³-hybridized carbons (Fsp3) is 0.250. The van der Waals surface area contributed by atoms with E-state index >= 15 is 0 Å². The summed E-state index contributed by atoms with van der Waals surface area (Å²) in [4.78, 5) is 53.3. The summed E-state index contributed by atoms with van der Waals surface area (Å²) in [5, 5.41) is -0.483. The normalized spacial score (nSPS) is 21.1. The Hall–Kier alpha value is -3.31. The summed E-state index contributed by atoms with van der Waals surface area (Å²) >= 11 is 1.94. The first kappa shape index (κ1) is 23.4. The summed E-state index contributed by atoms with van der Waals surface area (Å²) in [6.45, 7) is 1.47. The Balaban J connectivity index is 1.64. The highest BCUT2D eigenvalue weighted by atomic mass is 32.2. The average Bonchev–Trinajstić information content (AvgIpc) is 3.27. The van der Waals surface area contributed by atoms with E-state index in [1.165, 1.54) is 41.0 Å². The van der Waals surface area contributed by atoms with Crippen LogP contribution in [0.3, 0.4) is 0 Å². The second-order valence-electron chi connectivity index (χ2n) is 8.01. The average molecular weight is 517 g/mol. The summed E-state index contributed by atoms with van der Waals surface area (Å²) in [5.41, 5.74) is 0.802. The van der Waals surface area contributed by atoms with E-state index in [1.54, 1.807) is 6.92 Å². The number of carbonyl (C=O) groups excluding carboxylic acids is 3. The van der Waals surface area contributed by atoms with Crippen LogP contribution in [-0.2, 0) is 25.7 Å². The third-order valence-corrected chi connectivity index (χ3v) is 8.56. The number of imide groups is 1. The molecule has 11 heteroatoms. The largest absolute Gasteiger partial charge is 0.465 e. The number of thiazole rings is 1. The number of benzene rings is 2. The number of fused-ring (bicyclic) bond motifs is 2. The van der Waals surface area contributed by atoms with Crippen LogP contribution in [0.25, 0.3) is 0 Å². The maximum absolute atomic E-state index is 13.7. The van der Waals surface area contributed by atoms with Crippen molar-refractivity contribution in [3.63, 3.8) is 0 Å². The van der Waals surface area contributed by atoms with Crippen LogP contribution in [0.5, 0.6) is 0 Å². The molecule has 0 N–H and O–H groups in total. The van der Waals surface area contributed by atoms with Crippen molar-refractivity contribution in [2.75, 3.05) is 11.5 Å². The van der Waals surface area contributed by atoms with Crippen molar-refractivity contribution in [3.8, 4) is 0 Å². The zero-order valence-corrected chi connectivity index (χ0v) is 19.9. The Morgan fingerprint density at radius 2 is 1.60 bits per heavy atom. The number of thioether (sulfide) groups is 1. The van der Waals surface area contributed by atoms with Crippen molar-refractivity contribution in [1.82, 2.24) is 4.57 Å². The Labute approximate surface area is 206 Å². The van der Waals surface area contributed by atoms with Crippen LogP contribution in [0.2, 0.25) is 0 Å². The zero-order valence-electron chi connectivity index (χ0n) is 18.3. The smallest absolute Gasteiger partial charge is 0.326 e. The molecule has 2 aliphatic rings. The number of amides is 2. The van der Waals surface area contributed by atoms with Crippen LogP contribution >= 0.6 is 23.1 Å². The van der Waals surface area contributed by atoms with Gasteiger partial charge >= 0.3 is 10.8 Å². The molecule has 3 unspecified atom stereocenters. The molecule has 0 spiro atoms. The Bertz CT molecular complexity index is 1380. The van der Waals surface area contributed by atoms with Gasteiger partial charge in [-0.3, -0.25) is 23.7 Å². The standard InChI is InChI=1S/C24H18F2N2O5S2/c1-2-33-16(29)11-27-23-20(35-24(27)32)17(12-3-5-13(25)6-4-12)18-19(34-23)22(31)28(21(18)30)15-9-7-14(26)8-10-15/h3-10,17-19H,2,11H2,1H3. The van der Waals surface area contributed by atoms with E-state index in [9.17, 15) is 28.0 Å². The van der Waals surface area contributed by atoms with Crippen LogP contribution < -0.4 is 9.77 Å². The van der Waals surface area contributed by atoms with Gasteiger partial charge in [0, 0.05) is 10.8 Å². The monoisotopic (exact) mass is 516 g/mol. The van der Waals surface area contributed by atoms with Gasteiger partial charge in [0.1, 0.15) is 23.4 Å². The topological polar surface area (TPSA) is 85.7 Å². The van der Waals surface area contributed by atoms with Crippen molar-refractivity contribution in [2.24, 2.45) is 5.92 Å². The summed E-state index contributed by atoms with van der Waals surface area (Å²) in [6.07, 6.45) is 0. The van der Waals surface area contributed by atoms with Crippen molar-refractivity contribution in [1.29, 1.82) is 0 Å². The van der Waals surface area contributed by atoms with Gasteiger partial charge in [-0.1, -0.05) is 35.2 Å². The van der Waals surface area contributed by atoms with E-state index in [4.69, 9.17) is 4.74 Å². The van der Waals surface area contributed by atoms with E-state index in [0.717, 1.165) is 40.1 Å². The molecule has 7 nitrogen and oxygen atoms in total. The van der Waals surface area contributed by atoms with Crippen molar-refractivity contribution in [2.45, 2.75) is 29.7 Å².